The van der Waals surface area contributed by atoms with Crippen LogP contribution >= 0.6 is 0 Å². The lowest BCUT2D eigenvalue weighted by Crippen LogP contribution is -2.09. The number of para-hydroxylation sites is 1. The number of carbonyl (C=O) groups is 1. The number of aromatic nitrogens is 1. The molecule has 2 heteroatoms. The summed E-state index contributed by atoms with van der Waals surface area (Å²) in [5, 5.41) is 1.13. The van der Waals surface area contributed by atoms with Crippen molar-refractivity contribution in [3.8, 4) is 0 Å². The van der Waals surface area contributed by atoms with E-state index in [1.54, 1.807) is 0 Å². The minimum absolute atomic E-state index is 0.260. The van der Waals surface area contributed by atoms with Crippen LogP contribution < -0.4 is 0 Å². The molecule has 0 spiro atoms. The van der Waals surface area contributed by atoms with Gasteiger partial charge in [-0.25, -0.2) is 0 Å². The van der Waals surface area contributed by atoms with Crippen molar-refractivity contribution in [2.24, 2.45) is 0 Å². The second kappa shape index (κ2) is 2.89. The van der Waals surface area contributed by atoms with Gasteiger partial charge in [-0.05, 0) is 25.0 Å². The molecule has 15 heavy (non-hydrogen) atoms. The largest absolute Gasteiger partial charge is 0.302 e. The Labute approximate surface area is 87.9 Å². The minimum Gasteiger partial charge on any atom is -0.302 e. The second-order valence-corrected chi connectivity index (χ2v) is 4.16. The summed E-state index contributed by atoms with van der Waals surface area (Å²) in [6.07, 6.45) is 2.94. The predicted octanol–water partition coefficient (Wildman–Crippen LogP) is 2.47. The number of fused-ring (bicyclic) bond motifs is 1. The number of pyridine rings is 1. The van der Waals surface area contributed by atoms with Crippen LogP contribution in [0.2, 0.25) is 0 Å². The Hall–Kier alpha value is -1.70. The highest BCUT2D eigenvalue weighted by Gasteiger charge is 2.45. The molecule has 2 aromatic rings. The lowest BCUT2D eigenvalue weighted by atomic mass is 10.0. The Balaban J connectivity index is 2.18. The van der Waals surface area contributed by atoms with Crippen LogP contribution in [-0.2, 0) is 10.2 Å². The Morgan fingerprint density at radius 3 is 2.67 bits per heavy atom. The summed E-state index contributed by atoms with van der Waals surface area (Å²) < 4.78 is 0. The molecule has 1 aliphatic carbocycles. The predicted molar refractivity (Wildman–Crippen MR) is 58.7 cm³/mol. The zero-order valence-electron chi connectivity index (χ0n) is 8.31. The lowest BCUT2D eigenvalue weighted by Gasteiger charge is -2.07. The molecule has 1 heterocycles. The number of hydrogen-bond acceptors (Lipinski definition) is 2. The molecule has 0 N–H and O–H groups in total. The number of aldehydes is 1. The smallest absolute Gasteiger partial charge is 0.132 e. The van der Waals surface area contributed by atoms with Crippen LogP contribution in [0.4, 0.5) is 0 Å². The molecule has 1 fully saturated rings. The quantitative estimate of drug-likeness (QED) is 0.692. The molecule has 1 aromatic heterocycles. The molecular formula is C13H11NO. The van der Waals surface area contributed by atoms with Crippen molar-refractivity contribution in [1.29, 1.82) is 0 Å². The fraction of sp³-hybridized carbons (Fsp3) is 0.231. The van der Waals surface area contributed by atoms with E-state index in [-0.39, 0.29) is 5.41 Å². The first-order valence-corrected chi connectivity index (χ1v) is 5.17. The molecule has 1 aliphatic rings. The van der Waals surface area contributed by atoms with Crippen molar-refractivity contribution in [3.05, 3.63) is 42.1 Å². The van der Waals surface area contributed by atoms with E-state index in [1.165, 1.54) is 0 Å². The van der Waals surface area contributed by atoms with Crippen molar-refractivity contribution in [2.45, 2.75) is 18.3 Å². The van der Waals surface area contributed by atoms with Crippen LogP contribution in [0.5, 0.6) is 0 Å². The zero-order chi connectivity index (χ0) is 10.3. The lowest BCUT2D eigenvalue weighted by molar-refractivity contribution is -0.109. The Morgan fingerprint density at radius 2 is 1.93 bits per heavy atom. The second-order valence-electron chi connectivity index (χ2n) is 4.16. The molecule has 1 saturated carbocycles. The van der Waals surface area contributed by atoms with E-state index in [4.69, 9.17) is 0 Å². The van der Waals surface area contributed by atoms with Gasteiger partial charge < -0.3 is 4.79 Å². The van der Waals surface area contributed by atoms with Gasteiger partial charge in [-0.2, -0.15) is 0 Å². The van der Waals surface area contributed by atoms with E-state index in [0.717, 1.165) is 35.7 Å². The first kappa shape index (κ1) is 8.60. The average molecular weight is 197 g/mol. The van der Waals surface area contributed by atoms with Crippen LogP contribution in [0.25, 0.3) is 10.9 Å². The highest BCUT2D eigenvalue weighted by Crippen LogP contribution is 2.45. The fourth-order valence-electron chi connectivity index (χ4n) is 1.91. The van der Waals surface area contributed by atoms with E-state index in [9.17, 15) is 4.79 Å². The topological polar surface area (TPSA) is 30.0 Å². The van der Waals surface area contributed by atoms with E-state index in [0.29, 0.717) is 0 Å². The van der Waals surface area contributed by atoms with Crippen LogP contribution in [0.1, 0.15) is 18.5 Å². The summed E-state index contributed by atoms with van der Waals surface area (Å²) in [6.45, 7) is 0. The third-order valence-corrected chi connectivity index (χ3v) is 3.12. The molecule has 0 radical (unpaired) electrons. The molecular weight excluding hydrogens is 186 g/mol. The Bertz CT molecular complexity index is 529. The van der Waals surface area contributed by atoms with Crippen LogP contribution in [-0.4, -0.2) is 11.3 Å². The fourth-order valence-corrected chi connectivity index (χ4v) is 1.91. The molecule has 0 saturated heterocycles. The van der Waals surface area contributed by atoms with Crippen molar-refractivity contribution in [2.75, 3.05) is 0 Å². The maximum Gasteiger partial charge on any atom is 0.132 e. The highest BCUT2D eigenvalue weighted by molar-refractivity contribution is 5.80. The first-order valence-electron chi connectivity index (χ1n) is 5.17. The molecule has 0 bridgehead atoms. The third kappa shape index (κ3) is 1.25. The molecule has 0 atom stereocenters. The normalized spacial score (nSPS) is 17.6. The summed E-state index contributed by atoms with van der Waals surface area (Å²) in [5.74, 6) is 0. The van der Waals surface area contributed by atoms with Gasteiger partial charge in [0.2, 0.25) is 0 Å². The van der Waals surface area contributed by atoms with Gasteiger partial charge >= 0.3 is 0 Å². The van der Waals surface area contributed by atoms with Crippen LogP contribution in [0.3, 0.4) is 0 Å². The monoisotopic (exact) mass is 197 g/mol. The van der Waals surface area contributed by atoms with Crippen molar-refractivity contribution < 1.29 is 4.79 Å². The first-order chi connectivity index (χ1) is 7.34. The molecule has 0 amide bonds. The van der Waals surface area contributed by atoms with E-state index in [1.807, 2.05) is 36.4 Å². The van der Waals surface area contributed by atoms with Gasteiger partial charge in [0, 0.05) is 5.39 Å². The number of benzene rings is 1. The van der Waals surface area contributed by atoms with Crippen molar-refractivity contribution >= 4 is 17.2 Å². The Kier molecular flexibility index (Phi) is 1.66. The Morgan fingerprint density at radius 1 is 1.13 bits per heavy atom. The summed E-state index contributed by atoms with van der Waals surface area (Å²) >= 11 is 0. The van der Waals surface area contributed by atoms with Gasteiger partial charge in [-0.15, -0.1) is 0 Å². The zero-order valence-corrected chi connectivity index (χ0v) is 8.31. The summed E-state index contributed by atoms with van der Waals surface area (Å²) in [7, 11) is 0. The van der Waals surface area contributed by atoms with E-state index >= 15 is 0 Å². The SMILES string of the molecule is O=CC1(c2ccc3ccccc3n2)CC1. The highest BCUT2D eigenvalue weighted by atomic mass is 16.1. The maximum absolute atomic E-state index is 11.0. The summed E-state index contributed by atoms with van der Waals surface area (Å²) in [4.78, 5) is 15.5. The van der Waals surface area contributed by atoms with Crippen LogP contribution in [0.15, 0.2) is 36.4 Å². The van der Waals surface area contributed by atoms with Gasteiger partial charge in [-0.1, -0.05) is 24.3 Å². The molecule has 0 unspecified atom stereocenters. The van der Waals surface area contributed by atoms with Gasteiger partial charge in [0.1, 0.15) is 6.29 Å². The summed E-state index contributed by atoms with van der Waals surface area (Å²) in [5.41, 5.74) is 1.64. The molecule has 2 nitrogen and oxygen atoms in total. The number of carbonyl (C=O) groups excluding carboxylic acids is 1. The molecule has 0 aliphatic heterocycles. The van der Waals surface area contributed by atoms with Gasteiger partial charge in [0.25, 0.3) is 0 Å². The number of rotatable bonds is 2. The van der Waals surface area contributed by atoms with E-state index < -0.39 is 0 Å². The van der Waals surface area contributed by atoms with E-state index in [2.05, 4.69) is 4.98 Å². The summed E-state index contributed by atoms with van der Waals surface area (Å²) in [6, 6.07) is 12.0. The molecule has 74 valence electrons. The third-order valence-electron chi connectivity index (χ3n) is 3.12. The van der Waals surface area contributed by atoms with Crippen molar-refractivity contribution in [3.63, 3.8) is 0 Å². The number of nitrogens with zero attached hydrogens (tertiary/aromatic N) is 1. The minimum atomic E-state index is -0.260. The van der Waals surface area contributed by atoms with Crippen LogP contribution in [0, 0.1) is 0 Å². The molecule has 3 rings (SSSR count). The molecule has 1 aromatic carbocycles. The van der Waals surface area contributed by atoms with Gasteiger partial charge in [-0.3, -0.25) is 4.98 Å². The van der Waals surface area contributed by atoms with Crippen molar-refractivity contribution in [1.82, 2.24) is 4.98 Å². The van der Waals surface area contributed by atoms with Gasteiger partial charge in [0.05, 0.1) is 16.6 Å². The average Bonchev–Trinajstić information content (AvgIpc) is 3.09. The standard InChI is InChI=1S/C13H11NO/c15-9-13(7-8-13)12-6-5-10-3-1-2-4-11(10)14-12/h1-6,9H,7-8H2. The van der Waals surface area contributed by atoms with Gasteiger partial charge in [0.15, 0.2) is 0 Å². The maximum atomic E-state index is 11.0. The number of hydrogen-bond donors (Lipinski definition) is 0.